The van der Waals surface area contributed by atoms with Gasteiger partial charge in [-0.15, -0.1) is 11.3 Å². The summed E-state index contributed by atoms with van der Waals surface area (Å²) >= 11 is 5.23. The number of hydrogen-bond donors (Lipinski definition) is 1. The molecule has 0 amide bonds. The molecule has 0 atom stereocenters. The summed E-state index contributed by atoms with van der Waals surface area (Å²) < 4.78 is 3.34. The maximum atomic E-state index is 4.19. The van der Waals surface area contributed by atoms with Gasteiger partial charge in [-0.05, 0) is 35.0 Å². The highest BCUT2D eigenvalue weighted by molar-refractivity contribution is 9.11. The third-order valence-corrected chi connectivity index (χ3v) is 4.00. The van der Waals surface area contributed by atoms with Crippen LogP contribution in [0.5, 0.6) is 0 Å². The molecule has 2 aromatic heterocycles. The number of aromatic nitrogens is 2. The lowest BCUT2D eigenvalue weighted by Gasteiger charge is -2.05. The van der Waals surface area contributed by atoms with Crippen molar-refractivity contribution in [3.8, 4) is 0 Å². The Hall–Kier alpha value is -0.650. The normalized spacial score (nSPS) is 10.9. The zero-order valence-electron chi connectivity index (χ0n) is 9.11. The van der Waals surface area contributed by atoms with Crippen LogP contribution in [0.2, 0.25) is 0 Å². The van der Waals surface area contributed by atoms with Gasteiger partial charge in [-0.1, -0.05) is 0 Å². The van der Waals surface area contributed by atoms with Crippen molar-refractivity contribution in [1.82, 2.24) is 14.9 Å². The molecule has 86 valence electrons. The van der Waals surface area contributed by atoms with Gasteiger partial charge in [0.15, 0.2) is 0 Å². The molecule has 5 heteroatoms. The van der Waals surface area contributed by atoms with E-state index < -0.39 is 0 Å². The van der Waals surface area contributed by atoms with Gasteiger partial charge in [-0.25, -0.2) is 4.98 Å². The summed E-state index contributed by atoms with van der Waals surface area (Å²) in [5.41, 5.74) is 0. The number of hydrogen-bond acceptors (Lipinski definition) is 3. The SMILES string of the molecule is Cc1nccn1CCNCc1ccc(Br)s1. The third-order valence-electron chi connectivity index (χ3n) is 2.38. The van der Waals surface area contributed by atoms with Gasteiger partial charge in [-0.3, -0.25) is 0 Å². The first-order chi connectivity index (χ1) is 7.75. The number of imidazole rings is 1. The number of aryl methyl sites for hydroxylation is 1. The van der Waals surface area contributed by atoms with Crippen molar-refractivity contribution in [3.63, 3.8) is 0 Å². The van der Waals surface area contributed by atoms with E-state index in [1.165, 1.54) is 8.66 Å². The number of thiophene rings is 1. The lowest BCUT2D eigenvalue weighted by molar-refractivity contribution is 0.590. The van der Waals surface area contributed by atoms with Crippen LogP contribution in [-0.4, -0.2) is 16.1 Å². The molecule has 0 saturated carbocycles. The van der Waals surface area contributed by atoms with E-state index in [-0.39, 0.29) is 0 Å². The van der Waals surface area contributed by atoms with Gasteiger partial charge in [0.1, 0.15) is 5.82 Å². The zero-order chi connectivity index (χ0) is 11.4. The predicted octanol–water partition coefficient (Wildman–Crippen LogP) is 2.81. The fourth-order valence-corrected chi connectivity index (χ4v) is 2.95. The lowest BCUT2D eigenvalue weighted by atomic mass is 10.4. The van der Waals surface area contributed by atoms with Crippen molar-refractivity contribution in [2.45, 2.75) is 20.0 Å². The Morgan fingerprint density at radius 2 is 2.38 bits per heavy atom. The molecular formula is C11H14BrN3S. The topological polar surface area (TPSA) is 29.9 Å². The van der Waals surface area contributed by atoms with E-state index in [2.05, 4.69) is 42.9 Å². The maximum absolute atomic E-state index is 4.19. The van der Waals surface area contributed by atoms with E-state index in [0.29, 0.717) is 0 Å². The number of halogens is 1. The Kier molecular flexibility index (Phi) is 4.15. The van der Waals surface area contributed by atoms with Crippen molar-refractivity contribution in [1.29, 1.82) is 0 Å². The highest BCUT2D eigenvalue weighted by Gasteiger charge is 1.98. The quantitative estimate of drug-likeness (QED) is 0.861. The second-order valence-corrected chi connectivity index (χ2v) is 6.10. The Bertz CT molecular complexity index is 450. The second-order valence-electron chi connectivity index (χ2n) is 3.55. The van der Waals surface area contributed by atoms with Crippen LogP contribution in [0, 0.1) is 6.92 Å². The monoisotopic (exact) mass is 299 g/mol. The average Bonchev–Trinajstić information content (AvgIpc) is 2.83. The predicted molar refractivity (Wildman–Crippen MR) is 70.7 cm³/mol. The van der Waals surface area contributed by atoms with Crippen LogP contribution in [0.4, 0.5) is 0 Å². The van der Waals surface area contributed by atoms with Gasteiger partial charge < -0.3 is 9.88 Å². The molecule has 0 saturated heterocycles. The standard InChI is InChI=1S/C11H14BrN3S/c1-9-14-5-7-15(9)6-4-13-8-10-2-3-11(12)16-10/h2-3,5,7,13H,4,6,8H2,1H3. The lowest BCUT2D eigenvalue weighted by Crippen LogP contribution is -2.19. The van der Waals surface area contributed by atoms with Crippen LogP contribution < -0.4 is 5.32 Å². The van der Waals surface area contributed by atoms with Gasteiger partial charge >= 0.3 is 0 Å². The molecule has 0 bridgehead atoms. The van der Waals surface area contributed by atoms with Gasteiger partial charge in [0.25, 0.3) is 0 Å². The molecule has 2 aromatic rings. The minimum Gasteiger partial charge on any atom is -0.334 e. The number of rotatable bonds is 5. The summed E-state index contributed by atoms with van der Waals surface area (Å²) in [6, 6.07) is 4.23. The molecule has 0 aliphatic carbocycles. The number of nitrogens with zero attached hydrogens (tertiary/aromatic N) is 2. The Labute approximate surface area is 108 Å². The largest absolute Gasteiger partial charge is 0.334 e. The van der Waals surface area contributed by atoms with E-state index in [1.54, 1.807) is 11.3 Å². The van der Waals surface area contributed by atoms with Crippen molar-refractivity contribution in [2.75, 3.05) is 6.54 Å². The number of nitrogens with one attached hydrogen (secondary N) is 1. The molecule has 0 aliphatic heterocycles. The summed E-state index contributed by atoms with van der Waals surface area (Å²) in [4.78, 5) is 5.54. The van der Waals surface area contributed by atoms with Gasteiger partial charge in [0.2, 0.25) is 0 Å². The average molecular weight is 300 g/mol. The zero-order valence-corrected chi connectivity index (χ0v) is 11.5. The summed E-state index contributed by atoms with van der Waals surface area (Å²) in [5.74, 6) is 1.07. The molecular weight excluding hydrogens is 286 g/mol. The summed E-state index contributed by atoms with van der Waals surface area (Å²) in [5, 5.41) is 3.42. The third kappa shape index (κ3) is 3.17. The van der Waals surface area contributed by atoms with Crippen LogP contribution in [0.15, 0.2) is 28.3 Å². The van der Waals surface area contributed by atoms with Crippen LogP contribution in [-0.2, 0) is 13.1 Å². The van der Waals surface area contributed by atoms with Crippen molar-refractivity contribution in [3.05, 3.63) is 39.0 Å². The molecule has 0 radical (unpaired) electrons. The first-order valence-electron chi connectivity index (χ1n) is 5.18. The minimum absolute atomic E-state index is 0.935. The van der Waals surface area contributed by atoms with E-state index in [4.69, 9.17) is 0 Å². The smallest absolute Gasteiger partial charge is 0.105 e. The summed E-state index contributed by atoms with van der Waals surface area (Å²) in [6.45, 7) is 4.89. The molecule has 0 unspecified atom stereocenters. The van der Waals surface area contributed by atoms with Gasteiger partial charge in [0, 0.05) is 36.9 Å². The minimum atomic E-state index is 0.935. The van der Waals surface area contributed by atoms with Crippen LogP contribution >= 0.6 is 27.3 Å². The highest BCUT2D eigenvalue weighted by atomic mass is 79.9. The Morgan fingerprint density at radius 1 is 1.50 bits per heavy atom. The van der Waals surface area contributed by atoms with Crippen molar-refractivity contribution in [2.24, 2.45) is 0 Å². The van der Waals surface area contributed by atoms with Crippen LogP contribution in [0.3, 0.4) is 0 Å². The van der Waals surface area contributed by atoms with Gasteiger partial charge in [-0.2, -0.15) is 0 Å². The Balaban J connectivity index is 1.71. The molecule has 0 spiro atoms. The highest BCUT2D eigenvalue weighted by Crippen LogP contribution is 2.21. The molecule has 16 heavy (non-hydrogen) atoms. The molecule has 2 rings (SSSR count). The van der Waals surface area contributed by atoms with Crippen molar-refractivity contribution < 1.29 is 0 Å². The first kappa shape index (κ1) is 11.8. The Morgan fingerprint density at radius 3 is 3.00 bits per heavy atom. The molecule has 1 N–H and O–H groups in total. The molecule has 0 aliphatic rings. The summed E-state index contributed by atoms with van der Waals surface area (Å²) in [7, 11) is 0. The molecule has 2 heterocycles. The fourth-order valence-electron chi connectivity index (χ4n) is 1.50. The first-order valence-corrected chi connectivity index (χ1v) is 6.79. The van der Waals surface area contributed by atoms with E-state index in [0.717, 1.165) is 25.5 Å². The van der Waals surface area contributed by atoms with Crippen LogP contribution in [0.25, 0.3) is 0 Å². The van der Waals surface area contributed by atoms with Gasteiger partial charge in [0.05, 0.1) is 3.79 Å². The van der Waals surface area contributed by atoms with Crippen LogP contribution in [0.1, 0.15) is 10.7 Å². The molecule has 3 nitrogen and oxygen atoms in total. The van der Waals surface area contributed by atoms with E-state index >= 15 is 0 Å². The summed E-state index contributed by atoms with van der Waals surface area (Å²) in [6.07, 6.45) is 3.85. The van der Waals surface area contributed by atoms with Crippen molar-refractivity contribution >= 4 is 27.3 Å². The second kappa shape index (κ2) is 5.61. The molecule has 0 fully saturated rings. The fraction of sp³-hybridized carbons (Fsp3) is 0.364. The van der Waals surface area contributed by atoms with E-state index in [9.17, 15) is 0 Å². The maximum Gasteiger partial charge on any atom is 0.105 e. The van der Waals surface area contributed by atoms with E-state index in [1.807, 2.05) is 19.3 Å². The molecule has 0 aromatic carbocycles.